The molecule has 0 radical (unpaired) electrons. The van der Waals surface area contributed by atoms with Gasteiger partial charge >= 0.3 is 0 Å². The Hall–Kier alpha value is -1.26. The van der Waals surface area contributed by atoms with Crippen molar-refractivity contribution in [3.8, 4) is 10.6 Å². The number of hydrogen-bond acceptors (Lipinski definition) is 4. The van der Waals surface area contributed by atoms with Crippen molar-refractivity contribution in [3.63, 3.8) is 0 Å². The Bertz CT molecular complexity index is 558. The van der Waals surface area contributed by atoms with Gasteiger partial charge in [-0.1, -0.05) is 35.1 Å². The number of hydrogen-bond donors (Lipinski definition) is 1. The van der Waals surface area contributed by atoms with Crippen LogP contribution in [0.4, 0.5) is 0 Å². The Morgan fingerprint density at radius 2 is 2.11 bits per heavy atom. The fourth-order valence-electron chi connectivity index (χ4n) is 2.01. The number of rotatable bonds is 4. The van der Waals surface area contributed by atoms with Crippen molar-refractivity contribution in [2.45, 2.75) is 39.3 Å². The second-order valence-corrected chi connectivity index (χ2v) is 6.04. The molecule has 1 N–H and O–H groups in total. The van der Waals surface area contributed by atoms with Gasteiger partial charge in [0.1, 0.15) is 10.0 Å². The predicted molar refractivity (Wildman–Crippen MR) is 74.7 cm³/mol. The fourth-order valence-corrected chi connectivity index (χ4v) is 2.89. The Morgan fingerprint density at radius 3 is 2.83 bits per heavy atom. The van der Waals surface area contributed by atoms with Crippen LogP contribution in [0, 0.1) is 13.8 Å². The molecular weight excluding hydrogens is 242 g/mol. The molecule has 94 valence electrons. The lowest BCUT2D eigenvalue weighted by molar-refractivity contribution is 0.679. The van der Waals surface area contributed by atoms with Crippen LogP contribution >= 0.6 is 11.3 Å². The summed E-state index contributed by atoms with van der Waals surface area (Å²) in [6.45, 7) is 5.10. The van der Waals surface area contributed by atoms with E-state index in [4.69, 9.17) is 0 Å². The van der Waals surface area contributed by atoms with Crippen LogP contribution in [0.3, 0.4) is 0 Å². The lowest BCUT2D eigenvalue weighted by Gasteiger charge is -2.02. The molecule has 0 aliphatic heterocycles. The summed E-state index contributed by atoms with van der Waals surface area (Å²) >= 11 is 1.69. The van der Waals surface area contributed by atoms with Gasteiger partial charge in [0.2, 0.25) is 0 Å². The number of nitrogens with zero attached hydrogens (tertiary/aromatic N) is 2. The molecule has 18 heavy (non-hydrogen) atoms. The molecule has 3 nitrogen and oxygen atoms in total. The molecule has 1 fully saturated rings. The summed E-state index contributed by atoms with van der Waals surface area (Å²) in [6.07, 6.45) is 2.62. The Balaban J connectivity index is 1.78. The van der Waals surface area contributed by atoms with E-state index in [-0.39, 0.29) is 0 Å². The first-order valence-corrected chi connectivity index (χ1v) is 7.17. The molecule has 0 spiro atoms. The van der Waals surface area contributed by atoms with Gasteiger partial charge < -0.3 is 5.32 Å². The molecule has 2 aromatic rings. The molecule has 0 unspecified atom stereocenters. The Morgan fingerprint density at radius 1 is 1.28 bits per heavy atom. The largest absolute Gasteiger partial charge is 0.308 e. The molecule has 1 aliphatic carbocycles. The van der Waals surface area contributed by atoms with Crippen molar-refractivity contribution in [2.24, 2.45) is 0 Å². The number of nitrogens with one attached hydrogen (secondary N) is 1. The van der Waals surface area contributed by atoms with Crippen LogP contribution in [0.25, 0.3) is 10.6 Å². The highest BCUT2D eigenvalue weighted by Gasteiger charge is 2.20. The van der Waals surface area contributed by atoms with E-state index in [1.165, 1.54) is 29.5 Å². The quantitative estimate of drug-likeness (QED) is 0.917. The SMILES string of the molecule is Cc1ccc(-c2nnc(CNC3CC3)s2)c(C)c1. The van der Waals surface area contributed by atoms with E-state index >= 15 is 0 Å². The molecule has 1 heterocycles. The van der Waals surface area contributed by atoms with Crippen LogP contribution in [-0.2, 0) is 6.54 Å². The zero-order valence-corrected chi connectivity index (χ0v) is 11.5. The summed E-state index contributed by atoms with van der Waals surface area (Å²) in [5.74, 6) is 0. The zero-order chi connectivity index (χ0) is 12.5. The van der Waals surface area contributed by atoms with Crippen LogP contribution in [0.2, 0.25) is 0 Å². The average molecular weight is 259 g/mol. The molecular formula is C14H17N3S. The summed E-state index contributed by atoms with van der Waals surface area (Å²) in [5, 5.41) is 14.1. The molecule has 1 aromatic heterocycles. The normalized spacial score (nSPS) is 15.0. The van der Waals surface area contributed by atoms with Gasteiger partial charge in [-0.05, 0) is 32.3 Å². The second kappa shape index (κ2) is 4.78. The van der Waals surface area contributed by atoms with Crippen molar-refractivity contribution < 1.29 is 0 Å². The lowest BCUT2D eigenvalue weighted by Crippen LogP contribution is -2.14. The summed E-state index contributed by atoms with van der Waals surface area (Å²) in [5.41, 5.74) is 3.76. The van der Waals surface area contributed by atoms with Crippen molar-refractivity contribution >= 4 is 11.3 Å². The second-order valence-electron chi connectivity index (χ2n) is 4.97. The zero-order valence-electron chi connectivity index (χ0n) is 10.7. The monoisotopic (exact) mass is 259 g/mol. The fraction of sp³-hybridized carbons (Fsp3) is 0.429. The molecule has 0 saturated heterocycles. The van der Waals surface area contributed by atoms with Crippen LogP contribution in [0.1, 0.15) is 29.0 Å². The topological polar surface area (TPSA) is 37.8 Å². The van der Waals surface area contributed by atoms with E-state index < -0.39 is 0 Å². The van der Waals surface area contributed by atoms with E-state index in [1.807, 2.05) is 0 Å². The van der Waals surface area contributed by atoms with Gasteiger partial charge in [-0.2, -0.15) is 0 Å². The first kappa shape index (κ1) is 11.8. The highest BCUT2D eigenvalue weighted by Crippen LogP contribution is 2.27. The predicted octanol–water partition coefficient (Wildman–Crippen LogP) is 3.07. The average Bonchev–Trinajstić information content (AvgIpc) is 3.05. The molecule has 1 aliphatic rings. The summed E-state index contributed by atoms with van der Waals surface area (Å²) < 4.78 is 0. The third-order valence-electron chi connectivity index (χ3n) is 3.20. The van der Waals surface area contributed by atoms with Crippen molar-refractivity contribution in [1.29, 1.82) is 0 Å². The van der Waals surface area contributed by atoms with Gasteiger partial charge in [-0.3, -0.25) is 0 Å². The van der Waals surface area contributed by atoms with Crippen LogP contribution < -0.4 is 5.32 Å². The minimum Gasteiger partial charge on any atom is -0.308 e. The molecule has 0 atom stereocenters. The van der Waals surface area contributed by atoms with Crippen molar-refractivity contribution in [2.75, 3.05) is 0 Å². The highest BCUT2D eigenvalue weighted by atomic mass is 32.1. The van der Waals surface area contributed by atoms with Gasteiger partial charge in [0.25, 0.3) is 0 Å². The van der Waals surface area contributed by atoms with Gasteiger partial charge in [0, 0.05) is 18.2 Å². The Kier molecular flexibility index (Phi) is 3.14. The van der Waals surface area contributed by atoms with E-state index in [2.05, 4.69) is 47.6 Å². The maximum atomic E-state index is 4.30. The van der Waals surface area contributed by atoms with Crippen molar-refractivity contribution in [1.82, 2.24) is 15.5 Å². The molecule has 3 rings (SSSR count). The van der Waals surface area contributed by atoms with Gasteiger partial charge in [-0.25, -0.2) is 0 Å². The van der Waals surface area contributed by atoms with Crippen LogP contribution in [-0.4, -0.2) is 16.2 Å². The standard InChI is InChI=1S/C14H17N3S/c1-9-3-6-12(10(2)7-9)14-17-16-13(18-14)8-15-11-4-5-11/h3,6-7,11,15H,4-5,8H2,1-2H3. The van der Waals surface area contributed by atoms with Gasteiger partial charge in [0.05, 0.1) is 0 Å². The molecule has 0 bridgehead atoms. The van der Waals surface area contributed by atoms with E-state index in [9.17, 15) is 0 Å². The first-order chi connectivity index (χ1) is 8.72. The van der Waals surface area contributed by atoms with Gasteiger partial charge in [0.15, 0.2) is 0 Å². The number of aryl methyl sites for hydroxylation is 2. The Labute approximate surface area is 111 Å². The highest BCUT2D eigenvalue weighted by molar-refractivity contribution is 7.14. The summed E-state index contributed by atoms with van der Waals surface area (Å²) in [6, 6.07) is 7.19. The summed E-state index contributed by atoms with van der Waals surface area (Å²) in [7, 11) is 0. The van der Waals surface area contributed by atoms with E-state index in [1.54, 1.807) is 11.3 Å². The maximum absolute atomic E-state index is 4.30. The van der Waals surface area contributed by atoms with Gasteiger partial charge in [-0.15, -0.1) is 10.2 Å². The van der Waals surface area contributed by atoms with E-state index in [0.717, 1.165) is 22.6 Å². The minimum absolute atomic E-state index is 0.721. The third kappa shape index (κ3) is 2.60. The van der Waals surface area contributed by atoms with Crippen molar-refractivity contribution in [3.05, 3.63) is 34.3 Å². The lowest BCUT2D eigenvalue weighted by atomic mass is 10.1. The minimum atomic E-state index is 0.721. The van der Waals surface area contributed by atoms with Crippen LogP contribution in [0.15, 0.2) is 18.2 Å². The van der Waals surface area contributed by atoms with E-state index in [0.29, 0.717) is 0 Å². The maximum Gasteiger partial charge on any atom is 0.148 e. The molecule has 1 saturated carbocycles. The smallest absolute Gasteiger partial charge is 0.148 e. The molecule has 4 heteroatoms. The molecule has 1 aromatic carbocycles. The first-order valence-electron chi connectivity index (χ1n) is 6.36. The molecule has 0 amide bonds. The van der Waals surface area contributed by atoms with Crippen LogP contribution in [0.5, 0.6) is 0 Å². The number of aromatic nitrogens is 2. The number of benzene rings is 1. The summed E-state index contributed by atoms with van der Waals surface area (Å²) in [4.78, 5) is 0. The third-order valence-corrected chi connectivity index (χ3v) is 4.16.